The van der Waals surface area contributed by atoms with Gasteiger partial charge in [0.25, 0.3) is 0 Å². The van der Waals surface area contributed by atoms with Gasteiger partial charge in [-0.15, -0.1) is 0 Å². The van der Waals surface area contributed by atoms with Gasteiger partial charge in [0.2, 0.25) is 0 Å². The Bertz CT molecular complexity index is 566. The van der Waals surface area contributed by atoms with Crippen LogP contribution in [0.2, 0.25) is 0 Å². The molecule has 1 nitrogen and oxygen atoms in total. The Morgan fingerprint density at radius 1 is 1.05 bits per heavy atom. The Morgan fingerprint density at radius 3 is 2.30 bits per heavy atom. The maximum Gasteiger partial charge on any atom is 0.131 e. The SMILES string of the molecule is CCCNC(c1ccccc1I)c1c(F)cccc1F. The summed E-state index contributed by atoms with van der Waals surface area (Å²) in [6.07, 6.45) is 0.899. The zero-order valence-corrected chi connectivity index (χ0v) is 13.3. The van der Waals surface area contributed by atoms with Crippen LogP contribution in [0.4, 0.5) is 8.78 Å². The second-order valence-electron chi connectivity index (χ2n) is 4.54. The normalized spacial score (nSPS) is 12.4. The Hall–Kier alpha value is -1.01. The molecule has 0 aliphatic carbocycles. The Morgan fingerprint density at radius 2 is 1.70 bits per heavy atom. The highest BCUT2D eigenvalue weighted by atomic mass is 127. The van der Waals surface area contributed by atoms with Crippen LogP contribution in [-0.2, 0) is 0 Å². The predicted octanol–water partition coefficient (Wildman–Crippen LogP) is 4.66. The fourth-order valence-electron chi connectivity index (χ4n) is 2.15. The molecule has 0 aliphatic rings. The molecule has 0 radical (unpaired) electrons. The maximum absolute atomic E-state index is 14.1. The molecule has 2 rings (SSSR count). The molecule has 2 aromatic carbocycles. The summed E-state index contributed by atoms with van der Waals surface area (Å²) in [4.78, 5) is 0. The van der Waals surface area contributed by atoms with Gasteiger partial charge in [0.15, 0.2) is 0 Å². The average Bonchev–Trinajstić information content (AvgIpc) is 2.43. The molecule has 1 unspecified atom stereocenters. The minimum Gasteiger partial charge on any atom is -0.306 e. The fourth-order valence-corrected chi connectivity index (χ4v) is 2.85. The molecule has 0 spiro atoms. The van der Waals surface area contributed by atoms with Crippen LogP contribution in [-0.4, -0.2) is 6.54 Å². The van der Waals surface area contributed by atoms with Crippen LogP contribution in [0.25, 0.3) is 0 Å². The van der Waals surface area contributed by atoms with Crippen LogP contribution in [0.5, 0.6) is 0 Å². The highest BCUT2D eigenvalue weighted by molar-refractivity contribution is 14.1. The standard InChI is InChI=1S/C16H16F2IN/c1-2-10-20-16(11-6-3-4-9-14(11)19)15-12(17)7-5-8-13(15)18/h3-9,16,20H,2,10H2,1H3. The van der Waals surface area contributed by atoms with E-state index in [0.717, 1.165) is 15.6 Å². The van der Waals surface area contributed by atoms with Gasteiger partial charge >= 0.3 is 0 Å². The molecule has 0 heterocycles. The van der Waals surface area contributed by atoms with E-state index in [1.165, 1.54) is 18.2 Å². The third-order valence-corrected chi connectivity index (χ3v) is 4.09. The molecular formula is C16H16F2IN. The van der Waals surface area contributed by atoms with E-state index < -0.39 is 17.7 Å². The third-order valence-electron chi connectivity index (χ3n) is 3.10. The number of halogens is 3. The Labute approximate surface area is 131 Å². The van der Waals surface area contributed by atoms with E-state index in [2.05, 4.69) is 27.9 Å². The van der Waals surface area contributed by atoms with Crippen LogP contribution in [0.15, 0.2) is 42.5 Å². The summed E-state index contributed by atoms with van der Waals surface area (Å²) in [5.41, 5.74) is 0.982. The zero-order valence-electron chi connectivity index (χ0n) is 11.2. The van der Waals surface area contributed by atoms with Crippen molar-refractivity contribution in [3.63, 3.8) is 0 Å². The highest BCUT2D eigenvalue weighted by Crippen LogP contribution is 2.29. The molecule has 0 aliphatic heterocycles. The van der Waals surface area contributed by atoms with Crippen molar-refractivity contribution in [1.82, 2.24) is 5.32 Å². The van der Waals surface area contributed by atoms with Gasteiger partial charge in [0.05, 0.1) is 6.04 Å². The van der Waals surface area contributed by atoms with E-state index in [1.54, 1.807) is 0 Å². The van der Waals surface area contributed by atoms with Gasteiger partial charge in [0.1, 0.15) is 11.6 Å². The first-order valence-corrected chi connectivity index (χ1v) is 7.64. The van der Waals surface area contributed by atoms with Gasteiger partial charge in [-0.25, -0.2) is 8.78 Å². The predicted molar refractivity (Wildman–Crippen MR) is 85.7 cm³/mol. The quantitative estimate of drug-likeness (QED) is 0.737. The van der Waals surface area contributed by atoms with Crippen molar-refractivity contribution in [2.45, 2.75) is 19.4 Å². The van der Waals surface area contributed by atoms with Crippen molar-refractivity contribution in [2.24, 2.45) is 0 Å². The number of hydrogen-bond donors (Lipinski definition) is 1. The highest BCUT2D eigenvalue weighted by Gasteiger charge is 2.22. The van der Waals surface area contributed by atoms with E-state index in [0.29, 0.717) is 6.54 Å². The first-order chi connectivity index (χ1) is 9.65. The molecule has 0 bridgehead atoms. The molecule has 2 aromatic rings. The minimum absolute atomic E-state index is 0.0880. The van der Waals surface area contributed by atoms with E-state index in [4.69, 9.17) is 0 Å². The van der Waals surface area contributed by atoms with Crippen molar-refractivity contribution >= 4 is 22.6 Å². The minimum atomic E-state index is -0.516. The smallest absolute Gasteiger partial charge is 0.131 e. The summed E-state index contributed by atoms with van der Waals surface area (Å²) in [5, 5.41) is 3.24. The number of hydrogen-bond acceptors (Lipinski definition) is 1. The van der Waals surface area contributed by atoms with Crippen molar-refractivity contribution in [3.8, 4) is 0 Å². The van der Waals surface area contributed by atoms with Crippen molar-refractivity contribution in [1.29, 1.82) is 0 Å². The van der Waals surface area contributed by atoms with Gasteiger partial charge in [-0.1, -0.05) is 31.2 Å². The molecule has 0 fully saturated rings. The molecule has 0 amide bonds. The van der Waals surface area contributed by atoms with Crippen molar-refractivity contribution in [3.05, 3.63) is 68.8 Å². The monoisotopic (exact) mass is 387 g/mol. The van der Waals surface area contributed by atoms with E-state index in [-0.39, 0.29) is 5.56 Å². The summed E-state index contributed by atoms with van der Waals surface area (Å²) < 4.78 is 29.1. The van der Waals surface area contributed by atoms with Crippen LogP contribution in [0.3, 0.4) is 0 Å². The second-order valence-corrected chi connectivity index (χ2v) is 5.71. The average molecular weight is 387 g/mol. The number of rotatable bonds is 5. The summed E-state index contributed by atoms with van der Waals surface area (Å²) in [7, 11) is 0. The number of benzene rings is 2. The summed E-state index contributed by atoms with van der Waals surface area (Å²) in [6.45, 7) is 2.72. The summed E-state index contributed by atoms with van der Waals surface area (Å²) >= 11 is 2.19. The van der Waals surface area contributed by atoms with Crippen molar-refractivity contribution < 1.29 is 8.78 Å². The van der Waals surface area contributed by atoms with Gasteiger partial charge in [0, 0.05) is 9.13 Å². The van der Waals surface area contributed by atoms with Gasteiger partial charge in [-0.05, 0) is 59.3 Å². The molecule has 0 aromatic heterocycles. The lowest BCUT2D eigenvalue weighted by Gasteiger charge is -2.22. The molecule has 106 valence electrons. The molecule has 4 heteroatoms. The third kappa shape index (κ3) is 3.35. The first-order valence-electron chi connectivity index (χ1n) is 6.56. The van der Waals surface area contributed by atoms with Crippen LogP contribution in [0, 0.1) is 15.2 Å². The van der Waals surface area contributed by atoms with E-state index in [9.17, 15) is 8.78 Å². The molecule has 20 heavy (non-hydrogen) atoms. The van der Waals surface area contributed by atoms with Crippen molar-refractivity contribution in [2.75, 3.05) is 6.54 Å². The first kappa shape index (κ1) is 15.4. The van der Waals surface area contributed by atoms with E-state index >= 15 is 0 Å². The van der Waals surface area contributed by atoms with Crippen LogP contribution >= 0.6 is 22.6 Å². The van der Waals surface area contributed by atoms with E-state index in [1.807, 2.05) is 31.2 Å². The molecule has 1 N–H and O–H groups in total. The lowest BCUT2D eigenvalue weighted by atomic mass is 9.97. The lowest BCUT2D eigenvalue weighted by Crippen LogP contribution is -2.26. The van der Waals surface area contributed by atoms with Crippen LogP contribution < -0.4 is 5.32 Å². The lowest BCUT2D eigenvalue weighted by molar-refractivity contribution is 0.502. The zero-order chi connectivity index (χ0) is 14.5. The summed E-state index contributed by atoms with van der Waals surface area (Å²) in [6, 6.07) is 11.2. The molecular weight excluding hydrogens is 371 g/mol. The van der Waals surface area contributed by atoms with Gasteiger partial charge < -0.3 is 5.32 Å². The number of nitrogens with one attached hydrogen (secondary N) is 1. The fraction of sp³-hybridized carbons (Fsp3) is 0.250. The Balaban J connectivity index is 2.50. The molecule has 0 saturated carbocycles. The molecule has 1 atom stereocenters. The summed E-state index contributed by atoms with van der Waals surface area (Å²) in [5.74, 6) is -1.03. The van der Waals surface area contributed by atoms with Gasteiger partial charge in [-0.3, -0.25) is 0 Å². The van der Waals surface area contributed by atoms with Gasteiger partial charge in [-0.2, -0.15) is 0 Å². The topological polar surface area (TPSA) is 12.0 Å². The largest absolute Gasteiger partial charge is 0.306 e. The molecule has 0 saturated heterocycles. The van der Waals surface area contributed by atoms with Crippen LogP contribution in [0.1, 0.15) is 30.5 Å². The second kappa shape index (κ2) is 7.13. The maximum atomic E-state index is 14.1. The Kier molecular flexibility index (Phi) is 5.48.